The van der Waals surface area contributed by atoms with Crippen molar-refractivity contribution in [3.8, 4) is 0 Å². The second-order valence-corrected chi connectivity index (χ2v) is 6.58. The summed E-state index contributed by atoms with van der Waals surface area (Å²) in [6.45, 7) is 7.97. The molecule has 1 heterocycles. The molecule has 0 unspecified atom stereocenters. The lowest BCUT2D eigenvalue weighted by Gasteiger charge is -2.46. The molecule has 2 rings (SSSR count). The largest absolute Gasteiger partial charge is 0.378 e. The minimum absolute atomic E-state index is 0.0660. The van der Waals surface area contributed by atoms with Gasteiger partial charge in [0.05, 0.1) is 11.7 Å². The van der Waals surface area contributed by atoms with Crippen LogP contribution in [0.25, 0.3) is 0 Å². The molecular weight excluding hydrogens is 200 g/mol. The third-order valence-electron chi connectivity index (χ3n) is 4.64. The third-order valence-corrected chi connectivity index (χ3v) is 4.64. The molecule has 2 aliphatic rings. The maximum Gasteiger partial charge on any atom is 0.0943 e. The van der Waals surface area contributed by atoms with Gasteiger partial charge < -0.3 is 9.47 Å². The lowest BCUT2D eigenvalue weighted by molar-refractivity contribution is -0.145. The predicted octanol–water partition coefficient (Wildman–Crippen LogP) is 3.40. The van der Waals surface area contributed by atoms with Crippen LogP contribution in [0.15, 0.2) is 0 Å². The van der Waals surface area contributed by atoms with E-state index >= 15 is 0 Å². The number of ether oxygens (including phenoxy) is 2. The molecule has 1 saturated heterocycles. The van der Waals surface area contributed by atoms with Crippen molar-refractivity contribution in [3.63, 3.8) is 0 Å². The third kappa shape index (κ3) is 2.14. The van der Waals surface area contributed by atoms with E-state index in [-0.39, 0.29) is 5.60 Å². The fraction of sp³-hybridized carbons (Fsp3) is 1.00. The molecule has 2 fully saturated rings. The van der Waals surface area contributed by atoms with Gasteiger partial charge in [0.25, 0.3) is 0 Å². The van der Waals surface area contributed by atoms with Crippen molar-refractivity contribution in [2.45, 2.75) is 64.6 Å². The summed E-state index contributed by atoms with van der Waals surface area (Å²) in [5.41, 5.74) is 0.466. The average molecular weight is 226 g/mol. The van der Waals surface area contributed by atoms with Crippen molar-refractivity contribution in [2.75, 3.05) is 13.7 Å². The summed E-state index contributed by atoms with van der Waals surface area (Å²) in [5.74, 6) is 0.771. The molecule has 1 spiro atoms. The second-order valence-electron chi connectivity index (χ2n) is 6.58. The van der Waals surface area contributed by atoms with E-state index in [4.69, 9.17) is 9.47 Å². The highest BCUT2D eigenvalue weighted by atomic mass is 16.5. The SMILES string of the molecule is CO[C@H]1C[C@@H](C(C)(C)C)CC[C@]12CCCO2. The second kappa shape index (κ2) is 4.30. The van der Waals surface area contributed by atoms with Crippen LogP contribution in [0.5, 0.6) is 0 Å². The molecule has 0 aromatic carbocycles. The Bertz CT molecular complexity index is 236. The molecule has 0 radical (unpaired) electrons. The van der Waals surface area contributed by atoms with E-state index in [1.807, 2.05) is 7.11 Å². The molecule has 1 aliphatic carbocycles. The topological polar surface area (TPSA) is 18.5 Å². The molecule has 0 aromatic rings. The van der Waals surface area contributed by atoms with Crippen LogP contribution < -0.4 is 0 Å². The minimum atomic E-state index is 0.0660. The molecule has 0 bridgehead atoms. The number of hydrogen-bond acceptors (Lipinski definition) is 2. The van der Waals surface area contributed by atoms with Crippen molar-refractivity contribution in [2.24, 2.45) is 11.3 Å². The zero-order valence-electron chi connectivity index (χ0n) is 11.2. The lowest BCUT2D eigenvalue weighted by Crippen LogP contribution is -2.49. The van der Waals surface area contributed by atoms with Crippen LogP contribution in [0, 0.1) is 11.3 Å². The van der Waals surface area contributed by atoms with Gasteiger partial charge in [0.15, 0.2) is 0 Å². The van der Waals surface area contributed by atoms with Gasteiger partial charge >= 0.3 is 0 Å². The van der Waals surface area contributed by atoms with Gasteiger partial charge in [0, 0.05) is 13.7 Å². The van der Waals surface area contributed by atoms with E-state index in [0.29, 0.717) is 11.5 Å². The highest BCUT2D eigenvalue weighted by molar-refractivity contribution is 4.99. The van der Waals surface area contributed by atoms with Gasteiger partial charge in [-0.25, -0.2) is 0 Å². The summed E-state index contributed by atoms with van der Waals surface area (Å²) in [6, 6.07) is 0. The Labute approximate surface area is 99.7 Å². The fourth-order valence-corrected chi connectivity index (χ4v) is 3.44. The molecule has 2 heteroatoms. The maximum atomic E-state index is 6.02. The van der Waals surface area contributed by atoms with Crippen LogP contribution in [0.3, 0.4) is 0 Å². The summed E-state index contributed by atoms with van der Waals surface area (Å²) in [4.78, 5) is 0. The van der Waals surface area contributed by atoms with E-state index in [1.54, 1.807) is 0 Å². The van der Waals surface area contributed by atoms with Gasteiger partial charge in [-0.1, -0.05) is 20.8 Å². The fourth-order valence-electron chi connectivity index (χ4n) is 3.44. The van der Waals surface area contributed by atoms with E-state index in [1.165, 1.54) is 32.1 Å². The van der Waals surface area contributed by atoms with Crippen LogP contribution in [0.4, 0.5) is 0 Å². The van der Waals surface area contributed by atoms with Crippen molar-refractivity contribution in [3.05, 3.63) is 0 Å². The van der Waals surface area contributed by atoms with Gasteiger partial charge in [-0.15, -0.1) is 0 Å². The van der Waals surface area contributed by atoms with Crippen LogP contribution in [0.1, 0.15) is 52.9 Å². The maximum absolute atomic E-state index is 6.02. The zero-order valence-corrected chi connectivity index (χ0v) is 11.2. The van der Waals surface area contributed by atoms with Gasteiger partial charge in [-0.2, -0.15) is 0 Å². The summed E-state index contributed by atoms with van der Waals surface area (Å²) in [5, 5.41) is 0. The molecule has 1 aliphatic heterocycles. The Kier molecular flexibility index (Phi) is 3.33. The standard InChI is InChI=1S/C14H26O2/c1-13(2,3)11-6-8-14(7-5-9-16-14)12(10-11)15-4/h11-12H,5-10H2,1-4H3/t11-,12-,14+/m0/s1. The summed E-state index contributed by atoms with van der Waals surface area (Å²) < 4.78 is 11.8. The molecule has 1 saturated carbocycles. The van der Waals surface area contributed by atoms with Crippen LogP contribution in [-0.4, -0.2) is 25.4 Å². The Morgan fingerprint density at radius 1 is 1.25 bits per heavy atom. The Hall–Kier alpha value is -0.0800. The number of methoxy groups -OCH3 is 1. The molecule has 0 N–H and O–H groups in total. The quantitative estimate of drug-likeness (QED) is 0.682. The van der Waals surface area contributed by atoms with Crippen LogP contribution in [0.2, 0.25) is 0 Å². The van der Waals surface area contributed by atoms with Crippen molar-refractivity contribution in [1.82, 2.24) is 0 Å². The van der Waals surface area contributed by atoms with Crippen LogP contribution in [-0.2, 0) is 9.47 Å². The lowest BCUT2D eigenvalue weighted by atomic mass is 9.66. The molecular formula is C14H26O2. The van der Waals surface area contributed by atoms with E-state index in [2.05, 4.69) is 20.8 Å². The molecule has 3 atom stereocenters. The van der Waals surface area contributed by atoms with E-state index < -0.39 is 0 Å². The first kappa shape index (κ1) is 12.4. The van der Waals surface area contributed by atoms with E-state index in [9.17, 15) is 0 Å². The van der Waals surface area contributed by atoms with Gasteiger partial charge in [-0.05, 0) is 43.4 Å². The summed E-state index contributed by atoms with van der Waals surface area (Å²) in [7, 11) is 1.85. The van der Waals surface area contributed by atoms with Crippen molar-refractivity contribution >= 4 is 0 Å². The Morgan fingerprint density at radius 3 is 2.50 bits per heavy atom. The predicted molar refractivity (Wildman–Crippen MR) is 65.5 cm³/mol. The van der Waals surface area contributed by atoms with E-state index in [0.717, 1.165) is 12.5 Å². The van der Waals surface area contributed by atoms with Crippen molar-refractivity contribution in [1.29, 1.82) is 0 Å². The smallest absolute Gasteiger partial charge is 0.0943 e. The monoisotopic (exact) mass is 226 g/mol. The molecule has 0 amide bonds. The highest BCUT2D eigenvalue weighted by Gasteiger charge is 2.48. The first-order chi connectivity index (χ1) is 7.48. The van der Waals surface area contributed by atoms with Crippen molar-refractivity contribution < 1.29 is 9.47 Å². The normalized spacial score (nSPS) is 40.5. The van der Waals surface area contributed by atoms with Gasteiger partial charge in [0.1, 0.15) is 0 Å². The molecule has 16 heavy (non-hydrogen) atoms. The number of rotatable bonds is 1. The summed E-state index contributed by atoms with van der Waals surface area (Å²) >= 11 is 0. The van der Waals surface area contributed by atoms with Crippen LogP contribution >= 0.6 is 0 Å². The first-order valence-electron chi connectivity index (χ1n) is 6.65. The first-order valence-corrected chi connectivity index (χ1v) is 6.65. The van der Waals surface area contributed by atoms with Gasteiger partial charge in [-0.3, -0.25) is 0 Å². The Balaban J connectivity index is 2.07. The Morgan fingerprint density at radius 2 is 2.00 bits per heavy atom. The molecule has 0 aromatic heterocycles. The highest BCUT2D eigenvalue weighted by Crippen LogP contribution is 2.47. The summed E-state index contributed by atoms with van der Waals surface area (Å²) in [6.07, 6.45) is 6.37. The average Bonchev–Trinajstić information content (AvgIpc) is 2.66. The minimum Gasteiger partial charge on any atom is -0.378 e. The number of hydrogen-bond donors (Lipinski definition) is 0. The molecule has 2 nitrogen and oxygen atoms in total. The molecule has 94 valence electrons. The zero-order chi connectivity index (χ0) is 11.8. The van der Waals surface area contributed by atoms with Gasteiger partial charge in [0.2, 0.25) is 0 Å².